The quantitative estimate of drug-likeness (QED) is 0.812. The second-order valence-corrected chi connectivity index (χ2v) is 6.58. The predicted molar refractivity (Wildman–Crippen MR) is 93.8 cm³/mol. The molecular formula is C18H22N4O4. The largest absolute Gasteiger partial charge is 0.459 e. The Kier molecular flexibility index (Phi) is 5.20. The van der Waals surface area contributed by atoms with Crippen molar-refractivity contribution in [3.8, 4) is 0 Å². The second kappa shape index (κ2) is 7.55. The molecule has 26 heavy (non-hydrogen) atoms. The number of amides is 2. The van der Waals surface area contributed by atoms with Crippen LogP contribution >= 0.6 is 0 Å². The summed E-state index contributed by atoms with van der Waals surface area (Å²) in [6, 6.07) is 4.77. The van der Waals surface area contributed by atoms with Gasteiger partial charge in [-0.25, -0.2) is 4.98 Å². The maximum atomic E-state index is 12.5. The molecule has 2 aromatic heterocycles. The van der Waals surface area contributed by atoms with Crippen molar-refractivity contribution in [2.45, 2.75) is 26.3 Å². The van der Waals surface area contributed by atoms with Crippen molar-refractivity contribution in [2.24, 2.45) is 0 Å². The molecule has 0 atom stereocenters. The number of carbonyl (C=O) groups excluding carboxylic acids is 2. The van der Waals surface area contributed by atoms with E-state index in [1.807, 2.05) is 13.8 Å². The van der Waals surface area contributed by atoms with Crippen molar-refractivity contribution < 1.29 is 14.0 Å². The van der Waals surface area contributed by atoms with E-state index >= 15 is 0 Å². The first kappa shape index (κ1) is 17.9. The fraction of sp³-hybridized carbons (Fsp3) is 0.444. The van der Waals surface area contributed by atoms with E-state index < -0.39 is 0 Å². The highest BCUT2D eigenvalue weighted by Crippen LogP contribution is 2.10. The normalized spacial score (nSPS) is 14.7. The fourth-order valence-electron chi connectivity index (χ4n) is 2.84. The Hall–Kier alpha value is -2.90. The first-order valence-corrected chi connectivity index (χ1v) is 8.62. The first-order valence-electron chi connectivity index (χ1n) is 8.62. The van der Waals surface area contributed by atoms with E-state index in [-0.39, 0.29) is 29.8 Å². The summed E-state index contributed by atoms with van der Waals surface area (Å²) in [7, 11) is 0. The lowest BCUT2D eigenvalue weighted by atomic mass is 10.1. The van der Waals surface area contributed by atoms with Crippen LogP contribution in [0.1, 0.15) is 36.0 Å². The van der Waals surface area contributed by atoms with Gasteiger partial charge in [0.1, 0.15) is 6.54 Å². The molecule has 0 N–H and O–H groups in total. The molecule has 0 aliphatic carbocycles. The Morgan fingerprint density at radius 3 is 2.46 bits per heavy atom. The summed E-state index contributed by atoms with van der Waals surface area (Å²) in [6.07, 6.45) is 2.88. The van der Waals surface area contributed by atoms with Crippen LogP contribution in [0.4, 0.5) is 0 Å². The maximum absolute atomic E-state index is 12.5. The minimum absolute atomic E-state index is 0.0453. The number of aromatic nitrogens is 2. The van der Waals surface area contributed by atoms with E-state index in [1.54, 1.807) is 21.9 Å². The van der Waals surface area contributed by atoms with Crippen LogP contribution in [0.3, 0.4) is 0 Å². The van der Waals surface area contributed by atoms with Crippen LogP contribution in [0.2, 0.25) is 0 Å². The summed E-state index contributed by atoms with van der Waals surface area (Å²) in [5, 5.41) is 0. The molecule has 0 bridgehead atoms. The summed E-state index contributed by atoms with van der Waals surface area (Å²) in [4.78, 5) is 44.4. The topological polar surface area (TPSA) is 88.7 Å². The lowest BCUT2D eigenvalue weighted by Crippen LogP contribution is -2.51. The predicted octanol–water partition coefficient (Wildman–Crippen LogP) is 0.944. The Labute approximate surface area is 151 Å². The smallest absolute Gasteiger partial charge is 0.289 e. The molecule has 138 valence electrons. The number of piperazine rings is 1. The number of hydrogen-bond acceptors (Lipinski definition) is 5. The van der Waals surface area contributed by atoms with Crippen LogP contribution in [-0.4, -0.2) is 57.3 Å². The van der Waals surface area contributed by atoms with Crippen LogP contribution in [0, 0.1) is 0 Å². The van der Waals surface area contributed by atoms with Crippen LogP contribution < -0.4 is 5.56 Å². The molecule has 3 rings (SSSR count). The molecule has 8 heteroatoms. The molecule has 1 saturated heterocycles. The molecule has 8 nitrogen and oxygen atoms in total. The number of rotatable bonds is 4. The fourth-order valence-corrected chi connectivity index (χ4v) is 2.84. The standard InChI is InChI=1S/C18H22N4O4/c1-13(2)14-10-16(23)22(12-19-14)11-17(24)20-5-7-21(8-6-20)18(25)15-4-3-9-26-15/h3-4,9-10,12-13H,5-8,11H2,1-2H3. The Balaban J connectivity index is 1.57. The first-order chi connectivity index (χ1) is 12.5. The van der Waals surface area contributed by atoms with Gasteiger partial charge in [-0.3, -0.25) is 19.0 Å². The zero-order valence-electron chi connectivity index (χ0n) is 14.9. The van der Waals surface area contributed by atoms with Crippen LogP contribution in [0.25, 0.3) is 0 Å². The Bertz CT molecular complexity index is 833. The summed E-state index contributed by atoms with van der Waals surface area (Å²) in [6.45, 7) is 5.60. The van der Waals surface area contributed by atoms with Gasteiger partial charge in [0.25, 0.3) is 11.5 Å². The van der Waals surface area contributed by atoms with Gasteiger partial charge >= 0.3 is 0 Å². The lowest BCUT2D eigenvalue weighted by molar-refractivity contribution is -0.133. The number of furan rings is 1. The summed E-state index contributed by atoms with van der Waals surface area (Å²) in [5.74, 6) is 0.128. The maximum Gasteiger partial charge on any atom is 0.289 e. The lowest BCUT2D eigenvalue weighted by Gasteiger charge is -2.34. The van der Waals surface area contributed by atoms with Gasteiger partial charge in [-0.15, -0.1) is 0 Å². The second-order valence-electron chi connectivity index (χ2n) is 6.58. The zero-order chi connectivity index (χ0) is 18.7. The van der Waals surface area contributed by atoms with E-state index in [9.17, 15) is 14.4 Å². The Morgan fingerprint density at radius 2 is 1.88 bits per heavy atom. The number of hydrogen-bond donors (Lipinski definition) is 0. The summed E-state index contributed by atoms with van der Waals surface area (Å²) < 4.78 is 6.44. The van der Waals surface area contributed by atoms with Gasteiger partial charge in [0.05, 0.1) is 18.3 Å². The molecule has 0 aromatic carbocycles. The average molecular weight is 358 g/mol. The highest BCUT2D eigenvalue weighted by molar-refractivity contribution is 5.91. The monoisotopic (exact) mass is 358 g/mol. The third kappa shape index (κ3) is 3.84. The van der Waals surface area contributed by atoms with E-state index in [4.69, 9.17) is 4.42 Å². The minimum Gasteiger partial charge on any atom is -0.459 e. The van der Waals surface area contributed by atoms with Gasteiger partial charge in [0, 0.05) is 32.2 Å². The van der Waals surface area contributed by atoms with E-state index in [0.29, 0.717) is 37.6 Å². The molecule has 0 radical (unpaired) electrons. The van der Waals surface area contributed by atoms with Gasteiger partial charge in [0.2, 0.25) is 5.91 Å². The molecule has 2 aromatic rings. The third-order valence-corrected chi connectivity index (χ3v) is 4.45. The molecule has 0 unspecified atom stereocenters. The van der Waals surface area contributed by atoms with Gasteiger partial charge < -0.3 is 14.2 Å². The van der Waals surface area contributed by atoms with Gasteiger partial charge in [-0.05, 0) is 18.1 Å². The highest BCUT2D eigenvalue weighted by atomic mass is 16.3. The third-order valence-electron chi connectivity index (χ3n) is 4.45. The van der Waals surface area contributed by atoms with Crippen molar-refractivity contribution in [2.75, 3.05) is 26.2 Å². The van der Waals surface area contributed by atoms with Crippen molar-refractivity contribution >= 4 is 11.8 Å². The van der Waals surface area contributed by atoms with Crippen molar-refractivity contribution in [1.29, 1.82) is 0 Å². The highest BCUT2D eigenvalue weighted by Gasteiger charge is 2.26. The summed E-state index contributed by atoms with van der Waals surface area (Å²) >= 11 is 0. The van der Waals surface area contributed by atoms with Crippen molar-refractivity contribution in [3.63, 3.8) is 0 Å². The summed E-state index contributed by atoms with van der Waals surface area (Å²) in [5.41, 5.74) is 0.479. The molecular weight excluding hydrogens is 336 g/mol. The van der Waals surface area contributed by atoms with Crippen molar-refractivity contribution in [3.05, 3.63) is 52.6 Å². The molecule has 0 saturated carbocycles. The SMILES string of the molecule is CC(C)c1cc(=O)n(CC(=O)N2CCN(C(=O)c3ccco3)CC2)cn1. The molecule has 2 amide bonds. The number of nitrogens with zero attached hydrogens (tertiary/aromatic N) is 4. The molecule has 0 spiro atoms. The van der Waals surface area contributed by atoms with Gasteiger partial charge in [-0.2, -0.15) is 0 Å². The van der Waals surface area contributed by atoms with E-state index in [1.165, 1.54) is 23.2 Å². The molecule has 1 fully saturated rings. The van der Waals surface area contributed by atoms with Crippen molar-refractivity contribution in [1.82, 2.24) is 19.4 Å². The van der Waals surface area contributed by atoms with Gasteiger partial charge in [-0.1, -0.05) is 13.8 Å². The minimum atomic E-state index is -0.233. The van der Waals surface area contributed by atoms with Crippen LogP contribution in [0.15, 0.2) is 40.0 Å². The zero-order valence-corrected chi connectivity index (χ0v) is 14.9. The molecule has 3 heterocycles. The van der Waals surface area contributed by atoms with E-state index in [2.05, 4.69) is 4.98 Å². The molecule has 1 aliphatic heterocycles. The van der Waals surface area contributed by atoms with Crippen LogP contribution in [-0.2, 0) is 11.3 Å². The van der Waals surface area contributed by atoms with Crippen LogP contribution in [0.5, 0.6) is 0 Å². The van der Waals surface area contributed by atoms with Gasteiger partial charge in [0.15, 0.2) is 5.76 Å². The number of carbonyl (C=O) groups is 2. The molecule has 1 aliphatic rings. The average Bonchev–Trinajstić information content (AvgIpc) is 3.17. The van der Waals surface area contributed by atoms with E-state index in [0.717, 1.165) is 0 Å². The Morgan fingerprint density at radius 1 is 1.19 bits per heavy atom.